The Balaban J connectivity index is 1.90. The minimum Gasteiger partial charge on any atom is -0.399 e. The fourth-order valence-corrected chi connectivity index (χ4v) is 2.67. The first-order valence-corrected chi connectivity index (χ1v) is 8.31. The molecule has 0 spiro atoms. The summed E-state index contributed by atoms with van der Waals surface area (Å²) in [6, 6.07) is 16.3. The second-order valence-electron chi connectivity index (χ2n) is 7.34. The van der Waals surface area contributed by atoms with Crippen molar-refractivity contribution in [1.82, 2.24) is 0 Å². The van der Waals surface area contributed by atoms with E-state index in [-0.39, 0.29) is 18.3 Å². The van der Waals surface area contributed by atoms with Gasteiger partial charge >= 0.3 is 7.12 Å². The Morgan fingerprint density at radius 1 is 0.792 bits per heavy atom. The predicted molar refractivity (Wildman–Crippen MR) is 99.3 cm³/mol. The van der Waals surface area contributed by atoms with Crippen molar-refractivity contribution in [2.75, 3.05) is 0 Å². The molecule has 1 heterocycles. The molecule has 2 aromatic rings. The summed E-state index contributed by atoms with van der Waals surface area (Å²) in [6.07, 6.45) is 0. The molecule has 0 aliphatic carbocycles. The highest BCUT2D eigenvalue weighted by molar-refractivity contribution is 6.62. The van der Waals surface area contributed by atoms with E-state index in [2.05, 4.69) is 64.7 Å². The molecule has 1 aliphatic heterocycles. The largest absolute Gasteiger partial charge is 0.494 e. The first-order chi connectivity index (χ1) is 11.3. The molecule has 0 N–H and O–H groups in total. The molecule has 3 heteroatoms. The topological polar surface area (TPSA) is 18.5 Å². The van der Waals surface area contributed by atoms with Gasteiger partial charge in [-0.15, -0.1) is 0 Å². The summed E-state index contributed by atoms with van der Waals surface area (Å²) in [7, 11) is -0.354. The quantitative estimate of drug-likeness (QED) is 0.590. The van der Waals surface area contributed by atoms with Gasteiger partial charge in [0.2, 0.25) is 0 Å². The lowest BCUT2D eigenvalue weighted by Crippen LogP contribution is -2.41. The average Bonchev–Trinajstić information content (AvgIpc) is 2.74. The van der Waals surface area contributed by atoms with E-state index < -0.39 is 0 Å². The van der Waals surface area contributed by atoms with Crippen LogP contribution in [-0.4, -0.2) is 18.3 Å². The molecule has 2 aromatic carbocycles. The van der Waals surface area contributed by atoms with Crippen molar-refractivity contribution in [1.29, 1.82) is 0 Å². The zero-order valence-electron chi connectivity index (χ0n) is 15.0. The fraction of sp³-hybridized carbons (Fsp3) is 0.333. The van der Waals surface area contributed by atoms with Crippen LogP contribution in [0.15, 0.2) is 48.5 Å². The third-order valence-corrected chi connectivity index (χ3v) is 4.75. The molecule has 0 bridgehead atoms. The van der Waals surface area contributed by atoms with Gasteiger partial charge in [-0.25, -0.2) is 0 Å². The summed E-state index contributed by atoms with van der Waals surface area (Å²) >= 11 is 0. The molecular weight excluding hydrogens is 295 g/mol. The summed E-state index contributed by atoms with van der Waals surface area (Å²) in [5, 5.41) is 0. The van der Waals surface area contributed by atoms with Gasteiger partial charge < -0.3 is 9.31 Å². The second-order valence-corrected chi connectivity index (χ2v) is 7.34. The molecule has 0 atom stereocenters. The first-order valence-electron chi connectivity index (χ1n) is 8.31. The minimum absolute atomic E-state index is 0.336. The van der Waals surface area contributed by atoms with E-state index in [0.29, 0.717) is 0 Å². The molecule has 24 heavy (non-hydrogen) atoms. The first kappa shape index (κ1) is 16.8. The molecule has 3 rings (SSSR count). The van der Waals surface area contributed by atoms with Crippen LogP contribution in [0.3, 0.4) is 0 Å². The zero-order valence-corrected chi connectivity index (χ0v) is 15.0. The molecule has 1 saturated heterocycles. The normalized spacial score (nSPS) is 18.1. The number of aryl methyl sites for hydroxylation is 1. The highest BCUT2D eigenvalue weighted by atomic mass is 16.7. The molecule has 1 fully saturated rings. The van der Waals surface area contributed by atoms with Crippen LogP contribution < -0.4 is 5.46 Å². The van der Waals surface area contributed by atoms with E-state index in [4.69, 9.17) is 9.31 Å². The van der Waals surface area contributed by atoms with Gasteiger partial charge in [-0.2, -0.15) is 0 Å². The monoisotopic (exact) mass is 318 g/mol. The van der Waals surface area contributed by atoms with Crippen molar-refractivity contribution < 1.29 is 9.31 Å². The zero-order chi connectivity index (χ0) is 17.4. The lowest BCUT2D eigenvalue weighted by atomic mass is 9.77. The van der Waals surface area contributed by atoms with Crippen molar-refractivity contribution in [3.63, 3.8) is 0 Å². The molecule has 0 unspecified atom stereocenters. The van der Waals surface area contributed by atoms with E-state index >= 15 is 0 Å². The number of hydrogen-bond acceptors (Lipinski definition) is 2. The van der Waals surface area contributed by atoms with Gasteiger partial charge in [0.05, 0.1) is 11.2 Å². The van der Waals surface area contributed by atoms with Crippen molar-refractivity contribution in [3.8, 4) is 11.8 Å². The third-order valence-electron chi connectivity index (χ3n) is 4.75. The van der Waals surface area contributed by atoms with Gasteiger partial charge in [0.1, 0.15) is 0 Å². The summed E-state index contributed by atoms with van der Waals surface area (Å²) < 4.78 is 12.3. The van der Waals surface area contributed by atoms with Gasteiger partial charge in [-0.3, -0.25) is 0 Å². The van der Waals surface area contributed by atoms with Crippen molar-refractivity contribution in [3.05, 3.63) is 65.2 Å². The minimum atomic E-state index is -0.354. The van der Waals surface area contributed by atoms with E-state index in [0.717, 1.165) is 22.2 Å². The second kappa shape index (κ2) is 6.13. The van der Waals surface area contributed by atoms with E-state index in [1.165, 1.54) is 0 Å². The molecular formula is C21H23BO2. The predicted octanol–water partition coefficient (Wildman–Crippen LogP) is 3.69. The molecule has 0 radical (unpaired) electrons. The van der Waals surface area contributed by atoms with Gasteiger partial charge in [0.15, 0.2) is 0 Å². The van der Waals surface area contributed by atoms with Crippen molar-refractivity contribution >= 4 is 12.6 Å². The highest BCUT2D eigenvalue weighted by Crippen LogP contribution is 2.36. The molecule has 122 valence electrons. The number of rotatable bonds is 1. The Kier molecular flexibility index (Phi) is 4.30. The van der Waals surface area contributed by atoms with Crippen molar-refractivity contribution in [2.45, 2.75) is 45.8 Å². The van der Waals surface area contributed by atoms with Crippen LogP contribution >= 0.6 is 0 Å². The summed E-state index contributed by atoms with van der Waals surface area (Å²) in [4.78, 5) is 0. The SMILES string of the molecule is Cc1cc(C#Cc2ccccc2)cc(B2OC(C)(C)C(C)(C)O2)c1. The lowest BCUT2D eigenvalue weighted by Gasteiger charge is -2.32. The van der Waals surface area contributed by atoms with Crippen LogP contribution in [0.25, 0.3) is 0 Å². The molecule has 2 nitrogen and oxygen atoms in total. The van der Waals surface area contributed by atoms with Crippen LogP contribution in [0.2, 0.25) is 0 Å². The van der Waals surface area contributed by atoms with Gasteiger partial charge in [-0.05, 0) is 64.3 Å². The van der Waals surface area contributed by atoms with Gasteiger partial charge in [0.25, 0.3) is 0 Å². The van der Waals surface area contributed by atoms with E-state index in [1.807, 2.05) is 30.3 Å². The number of hydrogen-bond donors (Lipinski definition) is 0. The average molecular weight is 318 g/mol. The fourth-order valence-electron chi connectivity index (χ4n) is 2.67. The van der Waals surface area contributed by atoms with Crippen LogP contribution in [0.5, 0.6) is 0 Å². The van der Waals surface area contributed by atoms with Crippen LogP contribution in [-0.2, 0) is 9.31 Å². The van der Waals surface area contributed by atoms with Crippen LogP contribution in [0.1, 0.15) is 44.4 Å². The summed E-state index contributed by atoms with van der Waals surface area (Å²) in [5.74, 6) is 6.45. The smallest absolute Gasteiger partial charge is 0.399 e. The third kappa shape index (κ3) is 3.41. The molecule has 1 aliphatic rings. The summed E-state index contributed by atoms with van der Waals surface area (Å²) in [6.45, 7) is 10.3. The Labute approximate surface area is 145 Å². The van der Waals surface area contributed by atoms with Gasteiger partial charge in [0, 0.05) is 11.1 Å². The number of benzene rings is 2. The highest BCUT2D eigenvalue weighted by Gasteiger charge is 2.51. The van der Waals surface area contributed by atoms with Gasteiger partial charge in [-0.1, -0.05) is 41.7 Å². The Morgan fingerprint density at radius 2 is 1.38 bits per heavy atom. The Hall–Kier alpha value is -2.02. The maximum atomic E-state index is 6.15. The van der Waals surface area contributed by atoms with Crippen LogP contribution in [0, 0.1) is 18.8 Å². The van der Waals surface area contributed by atoms with Crippen molar-refractivity contribution in [2.24, 2.45) is 0 Å². The lowest BCUT2D eigenvalue weighted by molar-refractivity contribution is 0.00578. The van der Waals surface area contributed by atoms with E-state index in [9.17, 15) is 0 Å². The standard InChI is InChI=1S/C21H23BO2/c1-16-13-18(12-11-17-9-7-6-8-10-17)15-19(14-16)22-23-20(2,3)21(4,5)24-22/h6-10,13-15H,1-5H3. The molecule has 0 aromatic heterocycles. The van der Waals surface area contributed by atoms with Crippen LogP contribution in [0.4, 0.5) is 0 Å². The Morgan fingerprint density at radius 3 is 2.00 bits per heavy atom. The van der Waals surface area contributed by atoms with E-state index in [1.54, 1.807) is 0 Å². The Bertz CT molecular complexity index is 782. The maximum absolute atomic E-state index is 6.15. The maximum Gasteiger partial charge on any atom is 0.494 e. The molecule has 0 amide bonds. The molecule has 0 saturated carbocycles. The summed E-state index contributed by atoms with van der Waals surface area (Å²) in [5.41, 5.74) is 3.49.